The number of nitro benzene ring substituents is 1. The Kier molecular flexibility index (Phi) is 5.87. The molecule has 27 heavy (non-hydrogen) atoms. The summed E-state index contributed by atoms with van der Waals surface area (Å²) in [5.74, 6) is 0.0115. The number of carbonyl (C=O) groups excluding carboxylic acids is 1. The first-order valence-electron chi connectivity index (χ1n) is 7.74. The number of amides is 1. The first-order valence-corrected chi connectivity index (χ1v) is 9.41. The van der Waals surface area contributed by atoms with Crippen LogP contribution in [0.4, 0.5) is 11.4 Å². The van der Waals surface area contributed by atoms with Crippen molar-refractivity contribution in [3.05, 3.63) is 63.1 Å². The number of nitrogens with one attached hydrogen (secondary N) is 1. The monoisotopic (exact) mass is 448 g/mol. The van der Waals surface area contributed by atoms with Gasteiger partial charge in [0.2, 0.25) is 11.8 Å². The number of benzene rings is 2. The van der Waals surface area contributed by atoms with E-state index in [-0.39, 0.29) is 16.8 Å². The summed E-state index contributed by atoms with van der Waals surface area (Å²) in [4.78, 5) is 22.6. The van der Waals surface area contributed by atoms with Gasteiger partial charge < -0.3 is 9.73 Å². The highest BCUT2D eigenvalue weighted by Crippen LogP contribution is 2.30. The number of halogens is 1. The van der Waals surface area contributed by atoms with Gasteiger partial charge in [0.1, 0.15) is 0 Å². The average Bonchev–Trinajstić information content (AvgIpc) is 3.10. The zero-order valence-corrected chi connectivity index (χ0v) is 16.4. The van der Waals surface area contributed by atoms with Gasteiger partial charge in [-0.1, -0.05) is 30.0 Å². The maximum absolute atomic E-state index is 12.3. The molecular weight excluding hydrogens is 436 g/mol. The normalized spacial score (nSPS) is 11.8. The second kappa shape index (κ2) is 8.31. The molecule has 0 spiro atoms. The summed E-state index contributed by atoms with van der Waals surface area (Å²) >= 11 is 4.52. The van der Waals surface area contributed by atoms with E-state index in [0.29, 0.717) is 11.6 Å². The first-order chi connectivity index (χ1) is 12.9. The Labute approximate surface area is 166 Å². The van der Waals surface area contributed by atoms with Crippen molar-refractivity contribution in [2.24, 2.45) is 0 Å². The molecule has 2 aromatic carbocycles. The Balaban J connectivity index is 1.66. The lowest BCUT2D eigenvalue weighted by atomic mass is 10.2. The lowest BCUT2D eigenvalue weighted by Gasteiger charge is -2.09. The minimum atomic E-state index is -0.545. The van der Waals surface area contributed by atoms with E-state index in [1.807, 2.05) is 24.3 Å². The Morgan fingerprint density at radius 1 is 1.26 bits per heavy atom. The van der Waals surface area contributed by atoms with E-state index in [9.17, 15) is 14.9 Å². The van der Waals surface area contributed by atoms with Gasteiger partial charge in [0, 0.05) is 22.3 Å². The highest BCUT2D eigenvalue weighted by atomic mass is 79.9. The lowest BCUT2D eigenvalue weighted by molar-refractivity contribution is -0.384. The third kappa shape index (κ3) is 4.72. The predicted octanol–water partition coefficient (Wildman–Crippen LogP) is 4.53. The zero-order chi connectivity index (χ0) is 19.4. The van der Waals surface area contributed by atoms with Gasteiger partial charge in [-0.05, 0) is 41.1 Å². The third-order valence-electron chi connectivity index (χ3n) is 3.48. The molecule has 8 nitrogen and oxygen atoms in total. The molecule has 0 aliphatic rings. The SMILES string of the molecule is C[C@H](Sc1nnc(-c2ccccc2Br)o1)C(=O)Nc1cccc([N+](=O)[O-])c1. The van der Waals surface area contributed by atoms with Crippen molar-refractivity contribution in [2.45, 2.75) is 17.4 Å². The molecule has 1 amide bonds. The van der Waals surface area contributed by atoms with Gasteiger partial charge in [-0.15, -0.1) is 10.2 Å². The van der Waals surface area contributed by atoms with E-state index >= 15 is 0 Å². The van der Waals surface area contributed by atoms with E-state index in [4.69, 9.17) is 4.42 Å². The standard InChI is InChI=1S/C17H13BrN4O4S/c1-10(15(23)19-11-5-4-6-12(9-11)22(24)25)27-17-21-20-16(26-17)13-7-2-3-8-14(13)18/h2-10H,1H3,(H,19,23)/t10-/m0/s1. The molecule has 0 saturated heterocycles. The van der Waals surface area contributed by atoms with Gasteiger partial charge in [-0.25, -0.2) is 0 Å². The van der Waals surface area contributed by atoms with Gasteiger partial charge in [0.15, 0.2) is 0 Å². The molecule has 0 bridgehead atoms. The fourth-order valence-electron chi connectivity index (χ4n) is 2.15. The van der Waals surface area contributed by atoms with Crippen LogP contribution in [0.1, 0.15) is 6.92 Å². The molecule has 1 aromatic heterocycles. The number of nitrogens with zero attached hydrogens (tertiary/aromatic N) is 3. The van der Waals surface area contributed by atoms with E-state index in [1.54, 1.807) is 13.0 Å². The summed E-state index contributed by atoms with van der Waals surface area (Å²) in [7, 11) is 0. The Bertz CT molecular complexity index is 994. The maximum atomic E-state index is 12.3. The van der Waals surface area contributed by atoms with E-state index in [1.165, 1.54) is 18.2 Å². The highest BCUT2D eigenvalue weighted by Gasteiger charge is 2.20. The molecule has 138 valence electrons. The number of anilines is 1. The van der Waals surface area contributed by atoms with Crippen LogP contribution in [-0.4, -0.2) is 26.3 Å². The molecule has 1 heterocycles. The molecule has 10 heteroatoms. The smallest absolute Gasteiger partial charge is 0.277 e. The molecule has 0 radical (unpaired) electrons. The largest absolute Gasteiger partial charge is 0.411 e. The molecular formula is C17H13BrN4O4S. The molecule has 3 rings (SSSR count). The average molecular weight is 449 g/mol. The molecule has 1 atom stereocenters. The number of hydrogen-bond donors (Lipinski definition) is 1. The van der Waals surface area contributed by atoms with E-state index < -0.39 is 10.2 Å². The van der Waals surface area contributed by atoms with Crippen LogP contribution in [0.25, 0.3) is 11.5 Å². The van der Waals surface area contributed by atoms with Crippen molar-refractivity contribution < 1.29 is 14.1 Å². The zero-order valence-electron chi connectivity index (χ0n) is 14.0. The quantitative estimate of drug-likeness (QED) is 0.334. The maximum Gasteiger partial charge on any atom is 0.277 e. The van der Waals surface area contributed by atoms with Gasteiger partial charge in [0.25, 0.3) is 10.9 Å². The summed E-state index contributed by atoms with van der Waals surface area (Å²) in [6, 6.07) is 13.2. The summed E-state index contributed by atoms with van der Waals surface area (Å²) in [6.45, 7) is 1.68. The first kappa shape index (κ1) is 19.1. The second-order valence-electron chi connectivity index (χ2n) is 5.41. The Hall–Kier alpha value is -2.72. The van der Waals surface area contributed by atoms with Crippen LogP contribution in [0.5, 0.6) is 0 Å². The van der Waals surface area contributed by atoms with Crippen molar-refractivity contribution in [1.29, 1.82) is 0 Å². The van der Waals surface area contributed by atoms with E-state index in [2.05, 4.69) is 31.4 Å². The molecule has 0 aliphatic carbocycles. The fraction of sp³-hybridized carbons (Fsp3) is 0.118. The molecule has 1 N–H and O–H groups in total. The number of aromatic nitrogens is 2. The number of nitro groups is 1. The van der Waals surface area contributed by atoms with Crippen molar-refractivity contribution >= 4 is 45.0 Å². The number of rotatable bonds is 6. The molecule has 0 unspecified atom stereocenters. The van der Waals surface area contributed by atoms with Crippen LogP contribution in [0.15, 0.2) is 62.6 Å². The van der Waals surface area contributed by atoms with Gasteiger partial charge in [-0.2, -0.15) is 0 Å². The predicted molar refractivity (Wildman–Crippen MR) is 104 cm³/mol. The summed E-state index contributed by atoms with van der Waals surface area (Å²) in [5, 5.41) is 21.1. The molecule has 0 aliphatic heterocycles. The summed E-state index contributed by atoms with van der Waals surface area (Å²) < 4.78 is 6.43. The van der Waals surface area contributed by atoms with Crippen molar-refractivity contribution in [3.63, 3.8) is 0 Å². The number of hydrogen-bond acceptors (Lipinski definition) is 7. The topological polar surface area (TPSA) is 111 Å². The Morgan fingerprint density at radius 2 is 2.04 bits per heavy atom. The van der Waals surface area contributed by atoms with Crippen LogP contribution in [0.3, 0.4) is 0 Å². The van der Waals surface area contributed by atoms with Crippen molar-refractivity contribution in [1.82, 2.24) is 10.2 Å². The number of thioether (sulfide) groups is 1. The minimum Gasteiger partial charge on any atom is -0.411 e. The fourth-order valence-corrected chi connectivity index (χ4v) is 3.28. The van der Waals surface area contributed by atoms with Crippen LogP contribution in [-0.2, 0) is 4.79 Å². The molecule has 0 saturated carbocycles. The summed E-state index contributed by atoms with van der Waals surface area (Å²) in [5.41, 5.74) is 1.01. The van der Waals surface area contributed by atoms with Crippen LogP contribution in [0.2, 0.25) is 0 Å². The summed E-state index contributed by atoms with van der Waals surface area (Å²) in [6.07, 6.45) is 0. The second-order valence-corrected chi connectivity index (χ2v) is 7.56. The van der Waals surface area contributed by atoms with Crippen molar-refractivity contribution in [3.8, 4) is 11.5 Å². The van der Waals surface area contributed by atoms with Crippen molar-refractivity contribution in [2.75, 3.05) is 5.32 Å². The minimum absolute atomic E-state index is 0.0944. The third-order valence-corrected chi connectivity index (χ3v) is 5.11. The number of carbonyl (C=O) groups is 1. The highest BCUT2D eigenvalue weighted by molar-refractivity contribution is 9.10. The molecule has 0 fully saturated rings. The molecule has 3 aromatic rings. The van der Waals surface area contributed by atoms with Crippen LogP contribution >= 0.6 is 27.7 Å². The van der Waals surface area contributed by atoms with E-state index in [0.717, 1.165) is 21.8 Å². The van der Waals surface area contributed by atoms with Crippen LogP contribution in [0, 0.1) is 10.1 Å². The van der Waals surface area contributed by atoms with Gasteiger partial charge in [0.05, 0.1) is 15.7 Å². The Morgan fingerprint density at radius 3 is 2.78 bits per heavy atom. The van der Waals surface area contributed by atoms with Gasteiger partial charge >= 0.3 is 0 Å². The number of non-ortho nitro benzene ring substituents is 1. The van der Waals surface area contributed by atoms with Gasteiger partial charge in [-0.3, -0.25) is 14.9 Å². The lowest BCUT2D eigenvalue weighted by Crippen LogP contribution is -2.22. The van der Waals surface area contributed by atoms with Crippen LogP contribution < -0.4 is 5.32 Å².